The van der Waals surface area contributed by atoms with Crippen LogP contribution in [-0.4, -0.2) is 32.9 Å². The van der Waals surface area contributed by atoms with E-state index in [1.54, 1.807) is 6.92 Å². The van der Waals surface area contributed by atoms with Crippen LogP contribution in [0, 0.1) is 0 Å². The molecule has 2 N–H and O–H groups in total. The Bertz CT molecular complexity index is 543. The number of nitrogens with zero attached hydrogens (tertiary/aromatic N) is 2. The van der Waals surface area contributed by atoms with Crippen molar-refractivity contribution in [3.8, 4) is 0 Å². The number of imide groups is 1. The summed E-state index contributed by atoms with van der Waals surface area (Å²) in [6.45, 7) is 13.1. The summed E-state index contributed by atoms with van der Waals surface area (Å²) in [5, 5.41) is 12.6. The molecule has 3 amide bonds. The van der Waals surface area contributed by atoms with Crippen LogP contribution < -0.4 is 10.6 Å². The summed E-state index contributed by atoms with van der Waals surface area (Å²) in [4.78, 5) is 23.6. The number of hydrogen-bond donors (Lipinski definition) is 2. The van der Waals surface area contributed by atoms with Crippen LogP contribution in [0.25, 0.3) is 0 Å². The Morgan fingerprint density at radius 2 is 1.73 bits per heavy atom. The fourth-order valence-electron chi connectivity index (χ4n) is 1.35. The van der Waals surface area contributed by atoms with Crippen LogP contribution >= 0.6 is 11.8 Å². The first-order valence-electron chi connectivity index (χ1n) is 7.02. The van der Waals surface area contributed by atoms with E-state index in [4.69, 9.17) is 4.42 Å². The predicted octanol–water partition coefficient (Wildman–Crippen LogP) is 2.47. The molecule has 0 aliphatic rings. The van der Waals surface area contributed by atoms with E-state index in [2.05, 4.69) is 20.8 Å². The first-order chi connectivity index (χ1) is 9.88. The molecule has 1 rings (SSSR count). The van der Waals surface area contributed by atoms with E-state index in [9.17, 15) is 9.59 Å². The number of amides is 3. The lowest BCUT2D eigenvalue weighted by molar-refractivity contribution is -0.119. The zero-order chi connectivity index (χ0) is 17.1. The number of carbonyl (C=O) groups excluding carboxylic acids is 2. The molecule has 1 atom stereocenters. The molecule has 1 heterocycles. The number of aromatic nitrogens is 2. The van der Waals surface area contributed by atoms with Crippen molar-refractivity contribution in [3.63, 3.8) is 0 Å². The highest BCUT2D eigenvalue weighted by Gasteiger charge is 2.25. The van der Waals surface area contributed by atoms with Crippen LogP contribution in [0.15, 0.2) is 9.64 Å². The van der Waals surface area contributed by atoms with Crippen molar-refractivity contribution in [2.24, 2.45) is 0 Å². The van der Waals surface area contributed by atoms with Gasteiger partial charge in [-0.1, -0.05) is 32.5 Å². The highest BCUT2D eigenvalue weighted by atomic mass is 32.2. The Morgan fingerprint density at radius 3 is 2.18 bits per heavy atom. The van der Waals surface area contributed by atoms with E-state index in [0.717, 1.165) is 11.8 Å². The zero-order valence-corrected chi connectivity index (χ0v) is 14.9. The molecule has 0 aliphatic heterocycles. The van der Waals surface area contributed by atoms with Crippen LogP contribution in [0.5, 0.6) is 0 Å². The monoisotopic (exact) mass is 328 g/mol. The molecular weight excluding hydrogens is 304 g/mol. The van der Waals surface area contributed by atoms with E-state index in [-0.39, 0.29) is 5.41 Å². The van der Waals surface area contributed by atoms with Crippen LogP contribution in [0.1, 0.15) is 54.4 Å². The minimum Gasteiger partial charge on any atom is -0.415 e. The Balaban J connectivity index is 2.58. The standard InChI is InChI=1S/C14H24N4O3S/c1-8(9(19)15-11(20)16-14(5,6)7)22-12-18-17-10(21-12)13(2,3)4/h8H,1-7H3,(H2,15,16,19,20)/t8-/m1/s1. The summed E-state index contributed by atoms with van der Waals surface area (Å²) in [6, 6.07) is -0.522. The lowest BCUT2D eigenvalue weighted by atomic mass is 9.97. The molecule has 0 aliphatic carbocycles. The van der Waals surface area contributed by atoms with E-state index in [1.165, 1.54) is 0 Å². The molecule has 1 aromatic rings. The van der Waals surface area contributed by atoms with Crippen molar-refractivity contribution in [3.05, 3.63) is 5.89 Å². The second-order valence-electron chi connectivity index (χ2n) is 7.08. The lowest BCUT2D eigenvalue weighted by Gasteiger charge is -2.20. The first kappa shape index (κ1) is 18.5. The number of rotatable bonds is 3. The maximum atomic E-state index is 12.0. The average Bonchev–Trinajstić information content (AvgIpc) is 2.74. The third-order valence-corrected chi connectivity index (χ3v) is 3.35. The fraction of sp³-hybridized carbons (Fsp3) is 0.714. The maximum absolute atomic E-state index is 12.0. The first-order valence-corrected chi connectivity index (χ1v) is 7.90. The van der Waals surface area contributed by atoms with Gasteiger partial charge in [0.05, 0.1) is 5.25 Å². The summed E-state index contributed by atoms with van der Waals surface area (Å²) in [7, 11) is 0. The predicted molar refractivity (Wildman–Crippen MR) is 84.7 cm³/mol. The molecule has 22 heavy (non-hydrogen) atoms. The van der Waals surface area contributed by atoms with E-state index in [0.29, 0.717) is 11.1 Å². The van der Waals surface area contributed by atoms with Gasteiger partial charge in [0.15, 0.2) is 0 Å². The van der Waals surface area contributed by atoms with Gasteiger partial charge in [-0.25, -0.2) is 4.79 Å². The molecule has 1 aromatic heterocycles. The number of nitrogens with one attached hydrogen (secondary N) is 2. The van der Waals surface area contributed by atoms with E-state index in [1.807, 2.05) is 41.5 Å². The summed E-state index contributed by atoms with van der Waals surface area (Å²) in [6.07, 6.45) is 0. The van der Waals surface area contributed by atoms with Crippen molar-refractivity contribution >= 4 is 23.7 Å². The summed E-state index contributed by atoms with van der Waals surface area (Å²) < 4.78 is 5.51. The fourth-order valence-corrected chi connectivity index (χ4v) is 2.03. The van der Waals surface area contributed by atoms with Crippen molar-refractivity contribution in [1.82, 2.24) is 20.8 Å². The topological polar surface area (TPSA) is 97.1 Å². The number of carbonyl (C=O) groups is 2. The SMILES string of the molecule is C[C@@H](Sc1nnc(C(C)(C)C)o1)C(=O)NC(=O)NC(C)(C)C. The molecule has 0 unspecified atom stereocenters. The zero-order valence-electron chi connectivity index (χ0n) is 14.1. The minimum absolute atomic E-state index is 0.246. The lowest BCUT2D eigenvalue weighted by Crippen LogP contribution is -2.49. The van der Waals surface area contributed by atoms with Gasteiger partial charge in [-0.15, -0.1) is 10.2 Å². The van der Waals surface area contributed by atoms with Crippen LogP contribution in [0.4, 0.5) is 4.79 Å². The largest absolute Gasteiger partial charge is 0.415 e. The number of thioether (sulfide) groups is 1. The normalized spacial score (nSPS) is 13.6. The highest BCUT2D eigenvalue weighted by molar-refractivity contribution is 8.00. The quantitative estimate of drug-likeness (QED) is 0.827. The Hall–Kier alpha value is -1.57. The summed E-state index contributed by atoms with van der Waals surface area (Å²) >= 11 is 1.12. The highest BCUT2D eigenvalue weighted by Crippen LogP contribution is 2.27. The van der Waals surface area contributed by atoms with Crippen molar-refractivity contribution in [1.29, 1.82) is 0 Å². The molecular formula is C14H24N4O3S. The summed E-state index contributed by atoms with van der Waals surface area (Å²) in [5.41, 5.74) is -0.654. The third kappa shape index (κ3) is 6.05. The average molecular weight is 328 g/mol. The number of urea groups is 1. The van der Waals surface area contributed by atoms with Gasteiger partial charge in [-0.05, 0) is 27.7 Å². The van der Waals surface area contributed by atoms with Gasteiger partial charge in [-0.3, -0.25) is 10.1 Å². The molecule has 0 radical (unpaired) electrons. The molecule has 7 nitrogen and oxygen atoms in total. The van der Waals surface area contributed by atoms with Gasteiger partial charge in [-0.2, -0.15) is 0 Å². The molecule has 0 aromatic carbocycles. The van der Waals surface area contributed by atoms with Crippen molar-refractivity contribution in [2.75, 3.05) is 0 Å². The molecule has 124 valence electrons. The van der Waals surface area contributed by atoms with Gasteiger partial charge >= 0.3 is 6.03 Å². The van der Waals surface area contributed by atoms with E-state index < -0.39 is 22.7 Å². The van der Waals surface area contributed by atoms with Crippen LogP contribution in [0.3, 0.4) is 0 Å². The van der Waals surface area contributed by atoms with Gasteiger partial charge in [0.2, 0.25) is 11.8 Å². The van der Waals surface area contributed by atoms with Crippen LogP contribution in [-0.2, 0) is 10.2 Å². The van der Waals surface area contributed by atoms with Crippen molar-refractivity contribution < 1.29 is 14.0 Å². The second kappa shape index (κ2) is 6.68. The van der Waals surface area contributed by atoms with E-state index >= 15 is 0 Å². The molecule has 0 fully saturated rings. The number of hydrogen-bond acceptors (Lipinski definition) is 6. The summed E-state index contributed by atoms with van der Waals surface area (Å²) in [5.74, 6) is 0.0929. The minimum atomic E-state index is -0.529. The smallest absolute Gasteiger partial charge is 0.321 e. The Morgan fingerprint density at radius 1 is 1.14 bits per heavy atom. The van der Waals surface area contributed by atoms with Gasteiger partial charge < -0.3 is 9.73 Å². The van der Waals surface area contributed by atoms with Gasteiger partial charge in [0.1, 0.15) is 0 Å². The molecule has 0 saturated heterocycles. The van der Waals surface area contributed by atoms with Gasteiger partial charge in [0, 0.05) is 11.0 Å². The maximum Gasteiger partial charge on any atom is 0.321 e. The Kier molecular flexibility index (Phi) is 5.61. The third-order valence-electron chi connectivity index (χ3n) is 2.42. The van der Waals surface area contributed by atoms with Crippen LogP contribution in [0.2, 0.25) is 0 Å². The molecule has 0 spiro atoms. The molecule has 8 heteroatoms. The molecule has 0 bridgehead atoms. The Labute approximate surface area is 135 Å². The van der Waals surface area contributed by atoms with Gasteiger partial charge in [0.25, 0.3) is 5.22 Å². The second-order valence-corrected chi connectivity index (χ2v) is 8.37. The molecule has 0 saturated carbocycles. The van der Waals surface area contributed by atoms with Crippen molar-refractivity contribution in [2.45, 2.75) is 69.9 Å².